The zero-order valence-corrected chi connectivity index (χ0v) is 22.4. The van der Waals surface area contributed by atoms with Crippen molar-refractivity contribution in [2.24, 2.45) is 10.1 Å². The molecule has 3 atom stereocenters. The second kappa shape index (κ2) is 11.8. The predicted molar refractivity (Wildman–Crippen MR) is 140 cm³/mol. The monoisotopic (exact) mass is 554 g/mol. The number of rotatable bonds is 9. The summed E-state index contributed by atoms with van der Waals surface area (Å²) in [6.07, 6.45) is 9.68. The number of hydrogen-bond donors (Lipinski definition) is 2. The maximum absolute atomic E-state index is 14.6. The van der Waals surface area contributed by atoms with Gasteiger partial charge < -0.3 is 23.6 Å². The molecule has 1 aromatic rings. The Morgan fingerprint density at radius 3 is 2.92 bits per heavy atom. The second-order valence-corrected chi connectivity index (χ2v) is 11.2. The zero-order valence-electron chi connectivity index (χ0n) is 20.8. The van der Waals surface area contributed by atoms with Crippen LogP contribution in [0.25, 0.3) is 0 Å². The third-order valence-electron chi connectivity index (χ3n) is 6.28. The van der Waals surface area contributed by atoms with Crippen molar-refractivity contribution in [3.05, 3.63) is 70.6 Å². The van der Waals surface area contributed by atoms with Crippen molar-refractivity contribution < 1.29 is 26.1 Å². The highest BCUT2D eigenvalue weighted by molar-refractivity contribution is 7.84. The van der Waals surface area contributed by atoms with Crippen LogP contribution in [0.3, 0.4) is 0 Å². The summed E-state index contributed by atoms with van der Waals surface area (Å²) in [7, 11) is -2.23. The molecule has 2 heterocycles. The minimum atomic E-state index is -4.13. The van der Waals surface area contributed by atoms with Crippen LogP contribution in [0.4, 0.5) is 4.39 Å². The highest BCUT2D eigenvalue weighted by Crippen LogP contribution is 2.29. The van der Waals surface area contributed by atoms with Crippen molar-refractivity contribution in [2.75, 3.05) is 20.3 Å². The number of ether oxygens (including phenoxy) is 1. The predicted octanol–water partition coefficient (Wildman–Crippen LogP) is 3.52. The quantitative estimate of drug-likeness (QED) is 0.354. The summed E-state index contributed by atoms with van der Waals surface area (Å²) >= 11 is 6.24. The Kier molecular flexibility index (Phi) is 8.79. The first-order valence-electron chi connectivity index (χ1n) is 12.0. The molecule has 1 fully saturated rings. The third kappa shape index (κ3) is 7.94. The number of furan rings is 1. The molecule has 1 aliphatic heterocycles. The van der Waals surface area contributed by atoms with Crippen molar-refractivity contribution in [2.45, 2.75) is 56.8 Å². The number of amidine groups is 1. The van der Waals surface area contributed by atoms with E-state index in [1.165, 1.54) is 5.57 Å². The molecule has 1 saturated carbocycles. The van der Waals surface area contributed by atoms with Gasteiger partial charge in [-0.2, -0.15) is 13.6 Å². The van der Waals surface area contributed by atoms with E-state index >= 15 is 0 Å². The van der Waals surface area contributed by atoms with Gasteiger partial charge in [0, 0.05) is 25.2 Å². The van der Waals surface area contributed by atoms with E-state index < -0.39 is 22.5 Å². The van der Waals surface area contributed by atoms with Crippen LogP contribution >= 0.6 is 11.6 Å². The van der Waals surface area contributed by atoms with Crippen LogP contribution < -0.4 is 10.5 Å². The van der Waals surface area contributed by atoms with Gasteiger partial charge in [-0.15, -0.1) is 11.6 Å². The smallest absolute Gasteiger partial charge is 0.379 e. The number of aliphatic imine (C=N–C) groups is 1. The Morgan fingerprint density at radius 2 is 2.16 bits per heavy atom. The van der Waals surface area contributed by atoms with Gasteiger partial charge in [-0.1, -0.05) is 23.8 Å². The number of nitrogens with two attached hydrogens (primary N) is 1. The molecule has 2 aliphatic carbocycles. The van der Waals surface area contributed by atoms with E-state index in [0.29, 0.717) is 18.1 Å². The number of nitrogens with one attached hydrogen (secondary N) is 1. The molecule has 0 bridgehead atoms. The number of hydrogen-bond acceptors (Lipinski definition) is 8. The summed E-state index contributed by atoms with van der Waals surface area (Å²) in [4.78, 5) is 6.42. The summed E-state index contributed by atoms with van der Waals surface area (Å²) in [5.74, 6) is 2.12. The van der Waals surface area contributed by atoms with Crippen molar-refractivity contribution >= 4 is 27.7 Å². The fourth-order valence-corrected chi connectivity index (χ4v) is 5.05. The lowest BCUT2D eigenvalue weighted by Gasteiger charge is -2.25. The Labute approximate surface area is 221 Å². The number of halogens is 2. The minimum Gasteiger partial charge on any atom is -0.464 e. The van der Waals surface area contributed by atoms with Crippen LogP contribution in [-0.2, 0) is 32.3 Å². The summed E-state index contributed by atoms with van der Waals surface area (Å²) in [5, 5.41) is 8.02. The molecule has 202 valence electrons. The third-order valence-corrected chi connectivity index (χ3v) is 6.94. The van der Waals surface area contributed by atoms with Gasteiger partial charge in [0.1, 0.15) is 43.1 Å². The average Bonchev–Trinajstić information content (AvgIpc) is 3.35. The fraction of sp³-hybridized carbons (Fsp3) is 0.480. The lowest BCUT2D eigenvalue weighted by atomic mass is 9.97. The van der Waals surface area contributed by atoms with Gasteiger partial charge in [-0.25, -0.2) is 9.38 Å². The van der Waals surface area contributed by atoms with E-state index in [2.05, 4.69) is 20.6 Å². The molecule has 37 heavy (non-hydrogen) atoms. The van der Waals surface area contributed by atoms with Crippen LogP contribution in [0.2, 0.25) is 0 Å². The van der Waals surface area contributed by atoms with Gasteiger partial charge >= 0.3 is 10.3 Å². The summed E-state index contributed by atoms with van der Waals surface area (Å²) < 4.78 is 53.0. The molecule has 0 spiro atoms. The first-order chi connectivity index (χ1) is 17.6. The number of aryl methyl sites for hydroxylation is 1. The van der Waals surface area contributed by atoms with E-state index in [1.54, 1.807) is 0 Å². The van der Waals surface area contributed by atoms with Crippen molar-refractivity contribution in [3.63, 3.8) is 0 Å². The normalized spacial score (nSPS) is 25.2. The van der Waals surface area contributed by atoms with Crippen LogP contribution in [0.15, 0.2) is 62.9 Å². The number of nitrogens with zero attached hydrogens (tertiary/aromatic N) is 2. The summed E-state index contributed by atoms with van der Waals surface area (Å²) in [6, 6.07) is 1.43. The first kappa shape index (κ1) is 27.4. The molecule has 1 unspecified atom stereocenters. The second-order valence-electron chi connectivity index (χ2n) is 9.49. The van der Waals surface area contributed by atoms with Crippen LogP contribution in [0.5, 0.6) is 0 Å². The number of allylic oxidation sites excluding steroid dienone is 4. The standard InChI is InChI=1S/C25H32ClFN4O5S/c1-16-19(6-17-4-3-5-21(26)7-17)10-22(36-16)14-34-13-20-11-31(2)15-29-25(20)30-24-9-18(8-23(24)27)12-35-37(28,32)33/h3-5,10-12,21,23-24H,6-9,13-15H2,1-2H3,(H,29,30)(H2,28,32,33)/b18-12+/t21?,23-,24+/m0/s1. The summed E-state index contributed by atoms with van der Waals surface area (Å²) in [6.45, 7) is 2.88. The van der Waals surface area contributed by atoms with Gasteiger partial charge in [0.05, 0.1) is 18.0 Å². The van der Waals surface area contributed by atoms with Gasteiger partial charge in [0.15, 0.2) is 0 Å². The lowest BCUT2D eigenvalue weighted by Crippen LogP contribution is -2.42. The molecule has 4 rings (SSSR count). The van der Waals surface area contributed by atoms with Gasteiger partial charge in [0.2, 0.25) is 0 Å². The highest BCUT2D eigenvalue weighted by Gasteiger charge is 2.33. The van der Waals surface area contributed by atoms with Crippen LogP contribution in [0.1, 0.15) is 36.3 Å². The largest absolute Gasteiger partial charge is 0.464 e. The maximum Gasteiger partial charge on any atom is 0.379 e. The molecule has 0 amide bonds. The molecule has 3 N–H and O–H groups in total. The van der Waals surface area contributed by atoms with Gasteiger partial charge in [0.25, 0.3) is 0 Å². The van der Waals surface area contributed by atoms with Crippen LogP contribution in [0, 0.1) is 6.92 Å². The zero-order chi connectivity index (χ0) is 26.6. The Morgan fingerprint density at radius 1 is 1.35 bits per heavy atom. The fourth-order valence-electron chi connectivity index (χ4n) is 4.50. The molecule has 12 heteroatoms. The molecule has 0 aromatic carbocycles. The lowest BCUT2D eigenvalue weighted by molar-refractivity contribution is 0.126. The Hall–Kier alpha value is -2.60. The molecular formula is C25H32ClFN4O5S. The first-order valence-corrected chi connectivity index (χ1v) is 13.9. The van der Waals surface area contributed by atoms with Gasteiger partial charge in [-0.05, 0) is 43.4 Å². The van der Waals surface area contributed by atoms with E-state index in [0.717, 1.165) is 41.8 Å². The molecule has 9 nitrogen and oxygen atoms in total. The minimum absolute atomic E-state index is 0.0244. The van der Waals surface area contributed by atoms with E-state index in [-0.39, 0.29) is 31.4 Å². The van der Waals surface area contributed by atoms with Crippen molar-refractivity contribution in [1.82, 2.24) is 10.2 Å². The SMILES string of the molecule is Cc1oc(COCC2=CN(C)CN=C2N[C@@H]2C/C(=C/OS(N)(=O)=O)C[C@@H]2F)cc1CC1=CC=CC(Cl)C1. The molecule has 0 radical (unpaired) electrons. The van der Waals surface area contributed by atoms with Gasteiger partial charge in [-0.3, -0.25) is 0 Å². The topological polar surface area (TPSA) is 119 Å². The van der Waals surface area contributed by atoms with E-state index in [4.69, 9.17) is 25.9 Å². The Balaban J connectivity index is 1.32. The molecule has 1 aromatic heterocycles. The maximum atomic E-state index is 14.6. The molecular weight excluding hydrogens is 523 g/mol. The number of alkyl halides is 2. The van der Waals surface area contributed by atoms with E-state index in [1.807, 2.05) is 43.3 Å². The average molecular weight is 555 g/mol. The van der Waals surface area contributed by atoms with Crippen molar-refractivity contribution in [1.29, 1.82) is 0 Å². The van der Waals surface area contributed by atoms with Crippen LogP contribution in [-0.4, -0.2) is 57.1 Å². The molecule has 3 aliphatic rings. The Bertz CT molecular complexity index is 1250. The molecule has 0 saturated heterocycles. The highest BCUT2D eigenvalue weighted by atomic mass is 35.5. The van der Waals surface area contributed by atoms with E-state index in [9.17, 15) is 12.8 Å². The summed E-state index contributed by atoms with van der Waals surface area (Å²) in [5.41, 5.74) is 3.65. The van der Waals surface area contributed by atoms with Crippen molar-refractivity contribution in [3.8, 4) is 0 Å².